The first-order valence-corrected chi connectivity index (χ1v) is 14.5. The predicted molar refractivity (Wildman–Crippen MR) is 158 cm³/mol. The molecule has 1 N–H and O–H groups in total. The quantitative estimate of drug-likeness (QED) is 0.250. The largest absolute Gasteiger partial charge is 0.353 e. The average Bonchev–Trinajstić information content (AvgIpc) is 3.55. The number of likely N-dealkylation sites (tertiary alicyclic amines) is 1. The summed E-state index contributed by atoms with van der Waals surface area (Å²) in [5.41, 5.74) is 4.62. The molecule has 5 aromatic rings. The Morgan fingerprint density at radius 1 is 1.12 bits per heavy atom. The van der Waals surface area contributed by atoms with Crippen LogP contribution < -0.4 is 5.56 Å². The number of fused-ring (bicyclic) bond motifs is 1. The molecular weight excluding hydrogens is 541 g/mol. The number of halogens is 2. The number of benzene rings is 1. The number of pyridine rings is 2. The maximum atomic E-state index is 14.4. The summed E-state index contributed by atoms with van der Waals surface area (Å²) in [6.45, 7) is 5.26. The molecule has 5 heterocycles. The lowest BCUT2D eigenvalue weighted by atomic mass is 9.99. The summed E-state index contributed by atoms with van der Waals surface area (Å²) in [4.78, 5) is 24.4. The molecular formula is C31H31ClFN7O. The van der Waals surface area contributed by atoms with E-state index in [9.17, 15) is 9.18 Å². The molecule has 41 heavy (non-hydrogen) atoms. The van der Waals surface area contributed by atoms with E-state index in [0.717, 1.165) is 49.1 Å². The summed E-state index contributed by atoms with van der Waals surface area (Å²) in [5, 5.41) is 9.38. The van der Waals surface area contributed by atoms with E-state index >= 15 is 0 Å². The molecule has 7 rings (SSSR count). The number of H-pyrrole nitrogens is 1. The summed E-state index contributed by atoms with van der Waals surface area (Å²) >= 11 is 6.55. The minimum atomic E-state index is -0.385. The van der Waals surface area contributed by atoms with Crippen molar-refractivity contribution in [1.82, 2.24) is 34.2 Å². The van der Waals surface area contributed by atoms with E-state index in [1.165, 1.54) is 25.0 Å². The third-order valence-corrected chi connectivity index (χ3v) is 8.50. The Morgan fingerprint density at radius 2 is 1.98 bits per heavy atom. The number of aromatic amines is 1. The van der Waals surface area contributed by atoms with Gasteiger partial charge in [-0.1, -0.05) is 24.6 Å². The van der Waals surface area contributed by atoms with Crippen LogP contribution in [0.15, 0.2) is 53.7 Å². The van der Waals surface area contributed by atoms with Crippen LogP contribution in [-0.4, -0.2) is 47.3 Å². The Balaban J connectivity index is 1.34. The SMILES string of the molecule is C[C@H]1CCCN(Cc2cc3c(C4CC4)cn(-c4cc(-c5ccc(F)cc5-c5nncn5C)cc(Cl)n4)c(=O)c3[nH]2)C1. The van der Waals surface area contributed by atoms with Gasteiger partial charge in [-0.3, -0.25) is 14.3 Å². The van der Waals surface area contributed by atoms with Gasteiger partial charge in [-0.15, -0.1) is 10.2 Å². The smallest absolute Gasteiger partial charge is 0.280 e. The first kappa shape index (κ1) is 26.1. The zero-order valence-electron chi connectivity index (χ0n) is 23.1. The summed E-state index contributed by atoms with van der Waals surface area (Å²) < 4.78 is 17.7. The molecule has 0 radical (unpaired) electrons. The van der Waals surface area contributed by atoms with Gasteiger partial charge in [-0.2, -0.15) is 0 Å². The molecule has 1 aliphatic carbocycles. The first-order valence-electron chi connectivity index (χ1n) is 14.2. The molecule has 1 atom stereocenters. The van der Waals surface area contributed by atoms with Gasteiger partial charge in [0.05, 0.1) is 0 Å². The van der Waals surface area contributed by atoms with Crippen molar-refractivity contribution in [2.75, 3.05) is 13.1 Å². The van der Waals surface area contributed by atoms with Gasteiger partial charge < -0.3 is 9.55 Å². The van der Waals surface area contributed by atoms with Crippen LogP contribution in [0.3, 0.4) is 0 Å². The lowest BCUT2D eigenvalue weighted by Gasteiger charge is -2.30. The van der Waals surface area contributed by atoms with Gasteiger partial charge >= 0.3 is 0 Å². The number of piperidine rings is 1. The number of rotatable bonds is 6. The van der Waals surface area contributed by atoms with Gasteiger partial charge in [0.1, 0.15) is 28.6 Å². The first-order chi connectivity index (χ1) is 19.8. The van der Waals surface area contributed by atoms with Crippen molar-refractivity contribution >= 4 is 22.5 Å². The molecule has 1 saturated carbocycles. The molecule has 8 nitrogen and oxygen atoms in total. The van der Waals surface area contributed by atoms with E-state index in [1.54, 1.807) is 34.6 Å². The van der Waals surface area contributed by atoms with E-state index in [-0.39, 0.29) is 16.5 Å². The molecule has 4 aromatic heterocycles. The molecule has 0 spiro atoms. The zero-order chi connectivity index (χ0) is 28.2. The fourth-order valence-electron chi connectivity index (χ4n) is 6.18. The van der Waals surface area contributed by atoms with E-state index in [0.29, 0.717) is 45.7 Å². The molecule has 0 unspecified atom stereocenters. The molecule has 0 bridgehead atoms. The van der Waals surface area contributed by atoms with Crippen molar-refractivity contribution in [3.63, 3.8) is 0 Å². The number of aromatic nitrogens is 6. The van der Waals surface area contributed by atoms with Crippen molar-refractivity contribution in [2.24, 2.45) is 13.0 Å². The van der Waals surface area contributed by atoms with Gasteiger partial charge in [-0.25, -0.2) is 9.37 Å². The Labute approximate surface area is 241 Å². The number of nitrogens with one attached hydrogen (secondary N) is 1. The lowest BCUT2D eigenvalue weighted by molar-refractivity contribution is 0.175. The van der Waals surface area contributed by atoms with Crippen molar-refractivity contribution in [3.8, 4) is 28.3 Å². The van der Waals surface area contributed by atoms with Crippen LogP contribution in [0.25, 0.3) is 39.2 Å². The van der Waals surface area contributed by atoms with Crippen LogP contribution in [0.1, 0.15) is 49.8 Å². The molecule has 210 valence electrons. The van der Waals surface area contributed by atoms with E-state index < -0.39 is 0 Å². The Morgan fingerprint density at radius 3 is 2.73 bits per heavy atom. The van der Waals surface area contributed by atoms with E-state index in [2.05, 4.69) is 38.1 Å². The third kappa shape index (κ3) is 4.97. The fourth-order valence-corrected chi connectivity index (χ4v) is 6.39. The predicted octanol–water partition coefficient (Wildman–Crippen LogP) is 6.08. The highest BCUT2D eigenvalue weighted by Gasteiger charge is 2.29. The van der Waals surface area contributed by atoms with Gasteiger partial charge in [-0.05, 0) is 91.1 Å². The number of nitrogens with zero attached hydrogens (tertiary/aromatic N) is 6. The van der Waals surface area contributed by atoms with Gasteiger partial charge in [0.2, 0.25) is 0 Å². The number of hydrogen-bond donors (Lipinski definition) is 1. The van der Waals surface area contributed by atoms with Crippen LogP contribution in [0, 0.1) is 11.7 Å². The molecule has 2 fully saturated rings. The maximum absolute atomic E-state index is 14.4. The summed E-state index contributed by atoms with van der Waals surface area (Å²) in [5.74, 6) is 1.65. The van der Waals surface area contributed by atoms with E-state index in [1.807, 2.05) is 12.3 Å². The summed E-state index contributed by atoms with van der Waals surface area (Å²) in [6, 6.07) is 10.2. The Hall–Kier alpha value is -3.82. The van der Waals surface area contributed by atoms with Gasteiger partial charge in [0.15, 0.2) is 5.82 Å². The Kier molecular flexibility index (Phi) is 6.51. The normalized spacial score (nSPS) is 17.9. The highest BCUT2D eigenvalue weighted by molar-refractivity contribution is 6.29. The maximum Gasteiger partial charge on any atom is 0.280 e. The van der Waals surface area contributed by atoms with Crippen LogP contribution in [0.2, 0.25) is 5.15 Å². The van der Waals surface area contributed by atoms with Crippen LogP contribution in [-0.2, 0) is 13.6 Å². The minimum absolute atomic E-state index is 0.170. The summed E-state index contributed by atoms with van der Waals surface area (Å²) in [6.07, 6.45) is 8.17. The van der Waals surface area contributed by atoms with Crippen molar-refractivity contribution in [3.05, 3.63) is 81.5 Å². The molecule has 1 aromatic carbocycles. The fraction of sp³-hybridized carbons (Fsp3) is 0.355. The molecule has 2 aliphatic rings. The van der Waals surface area contributed by atoms with Gasteiger partial charge in [0, 0.05) is 43.0 Å². The summed E-state index contributed by atoms with van der Waals surface area (Å²) in [7, 11) is 1.81. The number of hydrogen-bond acceptors (Lipinski definition) is 5. The zero-order valence-corrected chi connectivity index (χ0v) is 23.8. The molecule has 10 heteroatoms. The second kappa shape index (κ2) is 10.2. The van der Waals surface area contributed by atoms with Crippen molar-refractivity contribution in [1.29, 1.82) is 0 Å². The van der Waals surface area contributed by atoms with Crippen molar-refractivity contribution < 1.29 is 4.39 Å². The second-order valence-corrected chi connectivity index (χ2v) is 12.0. The van der Waals surface area contributed by atoms with E-state index in [4.69, 9.17) is 11.6 Å². The number of aryl methyl sites for hydroxylation is 1. The molecule has 1 saturated heterocycles. The topological polar surface area (TPSA) is 84.6 Å². The highest BCUT2D eigenvalue weighted by atomic mass is 35.5. The third-order valence-electron chi connectivity index (χ3n) is 8.31. The average molecular weight is 572 g/mol. The standard InChI is InChI=1S/C31H31ClFN7O/c1-18-4-3-9-39(14-18)15-22-13-24-26(19-5-6-19)16-40(31(41)29(24)35-22)28-11-20(10-27(32)36-28)23-8-7-21(33)12-25(23)30-37-34-17-38(30)2/h7-8,10-13,16-19,35H,3-6,9,14-15H2,1-2H3/t18-/m0/s1. The second-order valence-electron chi connectivity index (χ2n) is 11.6. The highest BCUT2D eigenvalue weighted by Crippen LogP contribution is 2.43. The van der Waals surface area contributed by atoms with Crippen LogP contribution >= 0.6 is 11.6 Å². The van der Waals surface area contributed by atoms with Crippen molar-refractivity contribution in [2.45, 2.75) is 45.1 Å². The minimum Gasteiger partial charge on any atom is -0.353 e. The van der Waals surface area contributed by atoms with Crippen LogP contribution in [0.4, 0.5) is 4.39 Å². The lowest BCUT2D eigenvalue weighted by Crippen LogP contribution is -2.33. The molecule has 1 aliphatic heterocycles. The molecule has 0 amide bonds. The van der Waals surface area contributed by atoms with Gasteiger partial charge in [0.25, 0.3) is 5.56 Å². The monoisotopic (exact) mass is 571 g/mol. The van der Waals surface area contributed by atoms with Crippen LogP contribution in [0.5, 0.6) is 0 Å². The Bertz CT molecular complexity index is 1840.